The number of halogens is 1. The van der Waals surface area contributed by atoms with Crippen LogP contribution in [0.15, 0.2) is 18.2 Å². The Morgan fingerprint density at radius 2 is 2.13 bits per heavy atom. The Balaban J connectivity index is 2.47. The highest BCUT2D eigenvalue weighted by molar-refractivity contribution is 7.18. The third-order valence-electron chi connectivity index (χ3n) is 2.54. The van der Waals surface area contributed by atoms with E-state index in [4.69, 9.17) is 17.3 Å². The van der Waals surface area contributed by atoms with Crippen LogP contribution in [0.5, 0.6) is 0 Å². The van der Waals surface area contributed by atoms with Crippen molar-refractivity contribution in [3.05, 3.63) is 28.2 Å². The van der Waals surface area contributed by atoms with Crippen LogP contribution in [-0.2, 0) is 0 Å². The van der Waals surface area contributed by atoms with Gasteiger partial charge in [-0.25, -0.2) is 4.98 Å². The number of nitrogens with two attached hydrogens (primary N) is 1. The molecule has 80 valence electrons. The summed E-state index contributed by atoms with van der Waals surface area (Å²) in [6.07, 6.45) is 0. The molecule has 1 heterocycles. The van der Waals surface area contributed by atoms with Crippen LogP contribution in [0, 0.1) is 0 Å². The van der Waals surface area contributed by atoms with Crippen molar-refractivity contribution in [2.24, 2.45) is 5.73 Å². The van der Waals surface area contributed by atoms with Gasteiger partial charge in [-0.05, 0) is 25.1 Å². The Hall–Kier alpha value is -0.640. The number of nitrogens with zero attached hydrogens (tertiary/aromatic N) is 1. The van der Waals surface area contributed by atoms with Crippen LogP contribution in [0.3, 0.4) is 0 Å². The molecule has 0 aliphatic carbocycles. The molecule has 1 aromatic carbocycles. The van der Waals surface area contributed by atoms with E-state index in [1.165, 1.54) is 4.70 Å². The smallest absolute Gasteiger partial charge is 0.0982 e. The second-order valence-electron chi connectivity index (χ2n) is 3.81. The molecule has 2 rings (SSSR count). The third-order valence-corrected chi connectivity index (χ3v) is 4.02. The maximum atomic E-state index is 5.91. The quantitative estimate of drug-likeness (QED) is 0.874. The van der Waals surface area contributed by atoms with E-state index in [1.807, 2.05) is 25.1 Å². The highest BCUT2D eigenvalue weighted by Crippen LogP contribution is 2.30. The average molecular weight is 241 g/mol. The van der Waals surface area contributed by atoms with Crippen molar-refractivity contribution in [3.63, 3.8) is 0 Å². The number of hydrogen-bond acceptors (Lipinski definition) is 3. The van der Waals surface area contributed by atoms with Gasteiger partial charge in [0.25, 0.3) is 0 Å². The third kappa shape index (κ3) is 2.14. The maximum Gasteiger partial charge on any atom is 0.0982 e. The fourth-order valence-corrected chi connectivity index (χ4v) is 2.62. The molecule has 4 heteroatoms. The van der Waals surface area contributed by atoms with Crippen molar-refractivity contribution in [1.29, 1.82) is 0 Å². The molecule has 0 amide bonds. The summed E-state index contributed by atoms with van der Waals surface area (Å²) in [6, 6.07) is 5.92. The summed E-state index contributed by atoms with van der Waals surface area (Å²) in [4.78, 5) is 4.55. The maximum absolute atomic E-state index is 5.91. The number of rotatable bonds is 2. The zero-order valence-electron chi connectivity index (χ0n) is 8.70. The first-order chi connectivity index (χ1) is 7.08. The van der Waals surface area contributed by atoms with Gasteiger partial charge in [0, 0.05) is 17.0 Å². The molecule has 0 spiro atoms. The number of benzene rings is 1. The Morgan fingerprint density at radius 1 is 1.40 bits per heavy atom. The van der Waals surface area contributed by atoms with Gasteiger partial charge in [-0.3, -0.25) is 0 Å². The molecular formula is C11H13ClN2S. The normalized spacial score (nSPS) is 15.5. The predicted octanol–water partition coefficient (Wildman–Crippen LogP) is 3.40. The van der Waals surface area contributed by atoms with Crippen molar-refractivity contribution < 1.29 is 0 Å². The van der Waals surface area contributed by atoms with Gasteiger partial charge in [0.2, 0.25) is 0 Å². The Bertz CT molecular complexity index is 478. The second-order valence-corrected chi connectivity index (χ2v) is 5.31. The van der Waals surface area contributed by atoms with Crippen LogP contribution in [0.25, 0.3) is 10.2 Å². The van der Waals surface area contributed by atoms with Crippen molar-refractivity contribution in [3.8, 4) is 0 Å². The van der Waals surface area contributed by atoms with E-state index < -0.39 is 0 Å². The van der Waals surface area contributed by atoms with Crippen LogP contribution in [0.1, 0.15) is 24.8 Å². The zero-order chi connectivity index (χ0) is 11.0. The first-order valence-corrected chi connectivity index (χ1v) is 6.09. The van der Waals surface area contributed by atoms with Gasteiger partial charge in [-0.1, -0.05) is 18.5 Å². The zero-order valence-corrected chi connectivity index (χ0v) is 10.3. The molecule has 1 aromatic heterocycles. The van der Waals surface area contributed by atoms with E-state index in [1.54, 1.807) is 11.3 Å². The SMILES string of the molecule is CC(N)C(C)c1nc2cc(Cl)ccc2s1. The summed E-state index contributed by atoms with van der Waals surface area (Å²) in [5, 5.41) is 1.81. The Kier molecular flexibility index (Phi) is 2.96. The molecule has 0 fully saturated rings. The number of aromatic nitrogens is 1. The Labute approximate surface area is 98.1 Å². The van der Waals surface area contributed by atoms with E-state index in [-0.39, 0.29) is 6.04 Å². The van der Waals surface area contributed by atoms with Crippen LogP contribution in [0.2, 0.25) is 5.02 Å². The molecule has 0 radical (unpaired) electrons. The molecule has 2 N–H and O–H groups in total. The van der Waals surface area contributed by atoms with E-state index in [9.17, 15) is 0 Å². The van der Waals surface area contributed by atoms with Gasteiger partial charge in [0.1, 0.15) is 0 Å². The minimum Gasteiger partial charge on any atom is -0.327 e. The Morgan fingerprint density at radius 3 is 2.80 bits per heavy atom. The molecule has 2 unspecified atom stereocenters. The van der Waals surface area contributed by atoms with E-state index >= 15 is 0 Å². The highest BCUT2D eigenvalue weighted by Gasteiger charge is 2.15. The van der Waals surface area contributed by atoms with E-state index in [0.29, 0.717) is 5.92 Å². The average Bonchev–Trinajstić information content (AvgIpc) is 2.58. The molecule has 0 saturated heterocycles. The van der Waals surface area contributed by atoms with Gasteiger partial charge in [0.15, 0.2) is 0 Å². The van der Waals surface area contributed by atoms with Crippen molar-refractivity contribution in [2.75, 3.05) is 0 Å². The molecule has 0 aliphatic rings. The lowest BCUT2D eigenvalue weighted by atomic mass is 10.1. The topological polar surface area (TPSA) is 38.9 Å². The van der Waals surface area contributed by atoms with Crippen LogP contribution in [-0.4, -0.2) is 11.0 Å². The van der Waals surface area contributed by atoms with Gasteiger partial charge >= 0.3 is 0 Å². The van der Waals surface area contributed by atoms with E-state index in [2.05, 4.69) is 11.9 Å². The summed E-state index contributed by atoms with van der Waals surface area (Å²) in [5.74, 6) is 0.293. The van der Waals surface area contributed by atoms with Crippen molar-refractivity contribution in [2.45, 2.75) is 25.8 Å². The lowest BCUT2D eigenvalue weighted by Crippen LogP contribution is -2.22. The minimum atomic E-state index is 0.126. The summed E-state index contributed by atoms with van der Waals surface area (Å²) < 4.78 is 1.17. The minimum absolute atomic E-state index is 0.126. The molecule has 2 atom stereocenters. The van der Waals surface area contributed by atoms with Gasteiger partial charge < -0.3 is 5.73 Å². The van der Waals surface area contributed by atoms with Crippen LogP contribution >= 0.6 is 22.9 Å². The summed E-state index contributed by atoms with van der Waals surface area (Å²) in [7, 11) is 0. The molecular weight excluding hydrogens is 228 g/mol. The predicted molar refractivity (Wildman–Crippen MR) is 66.7 cm³/mol. The molecule has 0 bridgehead atoms. The van der Waals surface area contributed by atoms with Gasteiger partial charge in [-0.15, -0.1) is 11.3 Å². The van der Waals surface area contributed by atoms with Crippen molar-refractivity contribution >= 4 is 33.2 Å². The van der Waals surface area contributed by atoms with Gasteiger partial charge in [0.05, 0.1) is 15.2 Å². The highest BCUT2D eigenvalue weighted by atomic mass is 35.5. The molecule has 2 aromatic rings. The number of hydrogen-bond donors (Lipinski definition) is 1. The first kappa shape index (κ1) is 10.9. The lowest BCUT2D eigenvalue weighted by Gasteiger charge is -2.11. The van der Waals surface area contributed by atoms with Crippen molar-refractivity contribution in [1.82, 2.24) is 4.98 Å². The van der Waals surface area contributed by atoms with Gasteiger partial charge in [-0.2, -0.15) is 0 Å². The fraction of sp³-hybridized carbons (Fsp3) is 0.364. The fourth-order valence-electron chi connectivity index (χ4n) is 1.34. The second kappa shape index (κ2) is 4.08. The molecule has 15 heavy (non-hydrogen) atoms. The monoisotopic (exact) mass is 240 g/mol. The molecule has 0 aliphatic heterocycles. The number of fused-ring (bicyclic) bond motifs is 1. The molecule has 0 saturated carbocycles. The summed E-state index contributed by atoms with van der Waals surface area (Å²) in [5.41, 5.74) is 6.83. The summed E-state index contributed by atoms with van der Waals surface area (Å²) in [6.45, 7) is 4.10. The van der Waals surface area contributed by atoms with Crippen LogP contribution < -0.4 is 5.73 Å². The number of thiazole rings is 1. The molecule has 2 nitrogen and oxygen atoms in total. The van der Waals surface area contributed by atoms with E-state index in [0.717, 1.165) is 15.5 Å². The first-order valence-electron chi connectivity index (χ1n) is 4.89. The standard InChI is InChI=1S/C11H13ClN2S/c1-6(7(2)13)11-14-9-5-8(12)3-4-10(9)15-11/h3-7H,13H2,1-2H3. The van der Waals surface area contributed by atoms with Crippen LogP contribution in [0.4, 0.5) is 0 Å². The lowest BCUT2D eigenvalue weighted by molar-refractivity contribution is 0.611. The largest absolute Gasteiger partial charge is 0.327 e. The summed E-state index contributed by atoms with van der Waals surface area (Å²) >= 11 is 7.60.